The summed E-state index contributed by atoms with van der Waals surface area (Å²) in [6, 6.07) is 13.7. The third-order valence-corrected chi connectivity index (χ3v) is 6.34. The number of anilines is 1. The van der Waals surface area contributed by atoms with Crippen LogP contribution in [0.15, 0.2) is 47.4 Å². The van der Waals surface area contributed by atoms with Crippen LogP contribution in [-0.2, 0) is 6.54 Å². The molecule has 0 bridgehead atoms. The monoisotopic (exact) mass is 429 g/mol. The van der Waals surface area contributed by atoms with Gasteiger partial charge >= 0.3 is 6.03 Å². The average Bonchev–Trinajstić information content (AvgIpc) is 2.79. The number of hydrogen-bond donors (Lipinski definition) is 2. The summed E-state index contributed by atoms with van der Waals surface area (Å²) < 4.78 is 10.5. The Kier molecular flexibility index (Phi) is 8.28. The van der Waals surface area contributed by atoms with Crippen molar-refractivity contribution >= 4 is 23.5 Å². The van der Waals surface area contributed by atoms with Gasteiger partial charge in [0.05, 0.1) is 19.9 Å². The molecule has 30 heavy (non-hydrogen) atoms. The predicted molar refractivity (Wildman–Crippen MR) is 123 cm³/mol. The zero-order valence-electron chi connectivity index (χ0n) is 17.9. The fourth-order valence-corrected chi connectivity index (χ4v) is 4.34. The third-order valence-electron chi connectivity index (χ3n) is 5.50. The number of carbonyl (C=O) groups is 1. The molecule has 0 atom stereocenters. The van der Waals surface area contributed by atoms with Gasteiger partial charge in [0.1, 0.15) is 11.5 Å². The van der Waals surface area contributed by atoms with Crippen molar-refractivity contribution in [1.82, 2.24) is 10.2 Å². The van der Waals surface area contributed by atoms with Crippen molar-refractivity contribution in [3.05, 3.63) is 48.0 Å². The Morgan fingerprint density at radius 3 is 2.60 bits per heavy atom. The van der Waals surface area contributed by atoms with Crippen LogP contribution in [0.4, 0.5) is 10.5 Å². The topological polar surface area (TPSA) is 62.8 Å². The number of thioether (sulfide) groups is 1. The molecule has 2 aromatic carbocycles. The van der Waals surface area contributed by atoms with E-state index in [0.29, 0.717) is 29.6 Å². The zero-order chi connectivity index (χ0) is 21.3. The molecule has 0 spiro atoms. The van der Waals surface area contributed by atoms with Gasteiger partial charge in [-0.15, -0.1) is 11.8 Å². The Morgan fingerprint density at radius 2 is 1.90 bits per heavy atom. The first-order chi connectivity index (χ1) is 14.6. The van der Waals surface area contributed by atoms with E-state index in [9.17, 15) is 4.79 Å². The third kappa shape index (κ3) is 6.06. The summed E-state index contributed by atoms with van der Waals surface area (Å²) in [5.41, 5.74) is 2.02. The number of hydrogen-bond acceptors (Lipinski definition) is 5. The van der Waals surface area contributed by atoms with Crippen LogP contribution in [0.1, 0.15) is 18.4 Å². The molecular weight excluding hydrogens is 398 g/mol. The molecule has 0 radical (unpaired) electrons. The number of urea groups is 1. The lowest BCUT2D eigenvalue weighted by molar-refractivity contribution is 0.175. The van der Waals surface area contributed by atoms with Crippen LogP contribution >= 0.6 is 11.8 Å². The van der Waals surface area contributed by atoms with Gasteiger partial charge in [0.2, 0.25) is 0 Å². The molecule has 1 fully saturated rings. The molecule has 2 N–H and O–H groups in total. The summed E-state index contributed by atoms with van der Waals surface area (Å²) >= 11 is 1.80. The molecule has 7 heteroatoms. The van der Waals surface area contributed by atoms with Crippen LogP contribution in [0.2, 0.25) is 0 Å². The first-order valence-corrected chi connectivity index (χ1v) is 11.5. The van der Waals surface area contributed by atoms with Crippen molar-refractivity contribution in [2.24, 2.45) is 5.92 Å². The molecule has 2 amide bonds. The highest BCUT2D eigenvalue weighted by Crippen LogP contribution is 2.29. The lowest BCUT2D eigenvalue weighted by Crippen LogP contribution is -2.39. The molecule has 0 unspecified atom stereocenters. The molecule has 162 valence electrons. The number of carbonyl (C=O) groups excluding carboxylic acids is 1. The van der Waals surface area contributed by atoms with Crippen molar-refractivity contribution in [3.63, 3.8) is 0 Å². The van der Waals surface area contributed by atoms with Gasteiger partial charge in [0.25, 0.3) is 0 Å². The van der Waals surface area contributed by atoms with E-state index < -0.39 is 0 Å². The van der Waals surface area contributed by atoms with Crippen LogP contribution in [0.5, 0.6) is 11.5 Å². The van der Waals surface area contributed by atoms with E-state index in [4.69, 9.17) is 9.47 Å². The maximum Gasteiger partial charge on any atom is 0.319 e. The van der Waals surface area contributed by atoms with Gasteiger partial charge in [-0.3, -0.25) is 4.90 Å². The first-order valence-electron chi connectivity index (χ1n) is 10.2. The average molecular weight is 430 g/mol. The lowest BCUT2D eigenvalue weighted by atomic mass is 9.96. The van der Waals surface area contributed by atoms with E-state index in [1.54, 1.807) is 44.2 Å². The number of benzene rings is 2. The fraction of sp³-hybridized carbons (Fsp3) is 0.435. The van der Waals surface area contributed by atoms with Crippen molar-refractivity contribution in [1.29, 1.82) is 0 Å². The number of methoxy groups -OCH3 is 2. The van der Waals surface area contributed by atoms with Gasteiger partial charge in [-0.25, -0.2) is 4.79 Å². The number of likely N-dealkylation sites (tertiary alicyclic amines) is 1. The van der Waals surface area contributed by atoms with Crippen LogP contribution in [-0.4, -0.2) is 51.0 Å². The largest absolute Gasteiger partial charge is 0.497 e. The minimum atomic E-state index is -0.213. The molecule has 3 rings (SSSR count). The normalized spacial score (nSPS) is 14.9. The summed E-state index contributed by atoms with van der Waals surface area (Å²) in [6.45, 7) is 3.79. The molecule has 1 aliphatic heterocycles. The maximum atomic E-state index is 12.3. The quantitative estimate of drug-likeness (QED) is 0.607. The summed E-state index contributed by atoms with van der Waals surface area (Å²) in [5, 5.41) is 5.87. The number of piperidine rings is 1. The molecule has 1 aliphatic rings. The van der Waals surface area contributed by atoms with E-state index in [2.05, 4.69) is 46.1 Å². The van der Waals surface area contributed by atoms with Crippen molar-refractivity contribution in [3.8, 4) is 11.5 Å². The standard InChI is InChI=1S/C23H31N3O3S/c1-28-19-8-9-20(21(14-19)29-2)25-23(27)24-15-17-10-12-26(13-11-17)16-18-6-4-5-7-22(18)30-3/h4-9,14,17H,10-13,15-16H2,1-3H3,(H2,24,25,27). The SMILES string of the molecule is COc1ccc(NC(=O)NCC2CCN(Cc3ccccc3SC)CC2)c(OC)c1. The van der Waals surface area contributed by atoms with Crippen molar-refractivity contribution in [2.75, 3.05) is 45.4 Å². The Morgan fingerprint density at radius 1 is 1.13 bits per heavy atom. The van der Waals surface area contributed by atoms with Crippen LogP contribution < -0.4 is 20.1 Å². The minimum absolute atomic E-state index is 0.213. The van der Waals surface area contributed by atoms with E-state index in [-0.39, 0.29) is 6.03 Å². The van der Waals surface area contributed by atoms with Gasteiger partial charge in [-0.2, -0.15) is 0 Å². The van der Waals surface area contributed by atoms with Crippen LogP contribution in [0.3, 0.4) is 0 Å². The smallest absolute Gasteiger partial charge is 0.319 e. The minimum Gasteiger partial charge on any atom is -0.497 e. The maximum absolute atomic E-state index is 12.3. The summed E-state index contributed by atoms with van der Waals surface area (Å²) in [4.78, 5) is 16.2. The molecule has 0 aliphatic carbocycles. The number of nitrogens with one attached hydrogen (secondary N) is 2. The molecule has 0 aromatic heterocycles. The summed E-state index contributed by atoms with van der Waals surface area (Å²) in [5.74, 6) is 1.76. The van der Waals surface area contributed by atoms with Gasteiger partial charge in [0, 0.05) is 24.1 Å². The van der Waals surface area contributed by atoms with E-state index in [1.807, 2.05) is 0 Å². The number of ether oxygens (including phenoxy) is 2. The van der Waals surface area contributed by atoms with Crippen LogP contribution in [0, 0.1) is 5.92 Å². The predicted octanol–water partition coefficient (Wildman–Crippen LogP) is 4.46. The molecule has 2 aromatic rings. The second-order valence-electron chi connectivity index (χ2n) is 7.43. The van der Waals surface area contributed by atoms with Crippen LogP contribution in [0.25, 0.3) is 0 Å². The zero-order valence-corrected chi connectivity index (χ0v) is 18.8. The Hall–Kier alpha value is -2.38. The Balaban J connectivity index is 1.43. The Bertz CT molecular complexity index is 838. The summed E-state index contributed by atoms with van der Waals surface area (Å²) in [7, 11) is 3.17. The number of amides is 2. The number of rotatable bonds is 8. The molecule has 1 saturated heterocycles. The highest BCUT2D eigenvalue weighted by atomic mass is 32.2. The highest BCUT2D eigenvalue weighted by molar-refractivity contribution is 7.98. The van der Waals surface area contributed by atoms with Gasteiger partial charge in [-0.1, -0.05) is 18.2 Å². The molecule has 0 saturated carbocycles. The fourth-order valence-electron chi connectivity index (χ4n) is 3.73. The van der Waals surface area contributed by atoms with E-state index in [0.717, 1.165) is 32.5 Å². The van der Waals surface area contributed by atoms with Crippen molar-refractivity contribution < 1.29 is 14.3 Å². The van der Waals surface area contributed by atoms with Gasteiger partial charge < -0.3 is 20.1 Å². The second-order valence-corrected chi connectivity index (χ2v) is 8.28. The highest BCUT2D eigenvalue weighted by Gasteiger charge is 2.20. The molecular formula is C23H31N3O3S. The Labute approximate surface area is 183 Å². The molecule has 6 nitrogen and oxygen atoms in total. The first kappa shape index (κ1) is 22.3. The number of nitrogens with zero attached hydrogens (tertiary/aromatic N) is 1. The van der Waals surface area contributed by atoms with E-state index >= 15 is 0 Å². The second kappa shape index (κ2) is 11.1. The van der Waals surface area contributed by atoms with E-state index in [1.165, 1.54) is 10.5 Å². The van der Waals surface area contributed by atoms with Gasteiger partial charge in [-0.05, 0) is 61.9 Å². The van der Waals surface area contributed by atoms with Gasteiger partial charge in [0.15, 0.2) is 0 Å². The molecule has 1 heterocycles. The summed E-state index contributed by atoms with van der Waals surface area (Å²) in [6.07, 6.45) is 4.31. The van der Waals surface area contributed by atoms with Crippen molar-refractivity contribution in [2.45, 2.75) is 24.3 Å². The lowest BCUT2D eigenvalue weighted by Gasteiger charge is -2.32.